The lowest BCUT2D eigenvalue weighted by Gasteiger charge is -2.11. The molecule has 0 atom stereocenters. The fourth-order valence-electron chi connectivity index (χ4n) is 4.04. The van der Waals surface area contributed by atoms with E-state index in [-0.39, 0.29) is 5.91 Å². The van der Waals surface area contributed by atoms with E-state index in [1.807, 2.05) is 91.9 Å². The number of carbonyl (C=O) groups is 1. The number of hydrogen-bond donors (Lipinski definition) is 2. The summed E-state index contributed by atoms with van der Waals surface area (Å²) in [4.78, 5) is 12.5. The van der Waals surface area contributed by atoms with Crippen LogP contribution in [0.3, 0.4) is 0 Å². The Morgan fingerprint density at radius 1 is 0.816 bits per heavy atom. The Bertz CT molecular complexity index is 1320. The van der Waals surface area contributed by atoms with Crippen LogP contribution in [0.2, 0.25) is 0 Å². The highest BCUT2D eigenvalue weighted by molar-refractivity contribution is 5.94. The minimum Gasteiger partial charge on any atom is -0.497 e. The summed E-state index contributed by atoms with van der Waals surface area (Å²) in [6, 6.07) is 29.1. The molecule has 0 saturated heterocycles. The summed E-state index contributed by atoms with van der Waals surface area (Å²) in [6.07, 6.45) is 1.55. The maximum Gasteiger partial charge on any atom is 0.251 e. The quantitative estimate of drug-likeness (QED) is 0.223. The molecule has 4 aromatic rings. The molecule has 0 aliphatic heterocycles. The Morgan fingerprint density at radius 3 is 2.08 bits per heavy atom. The Hall–Kier alpha value is -4.29. The molecule has 4 rings (SSSR count). The third-order valence-electron chi connectivity index (χ3n) is 6.17. The summed E-state index contributed by atoms with van der Waals surface area (Å²) in [5.41, 5.74) is 10.7. The fraction of sp³-hybridized carbons (Fsp3) is 0.219. The highest BCUT2D eigenvalue weighted by atomic mass is 16.5. The van der Waals surface area contributed by atoms with Crippen LogP contribution in [-0.2, 0) is 6.42 Å². The zero-order chi connectivity index (χ0) is 26.7. The Labute approximate surface area is 224 Å². The second kappa shape index (κ2) is 13.3. The van der Waals surface area contributed by atoms with E-state index >= 15 is 0 Å². The van der Waals surface area contributed by atoms with Gasteiger partial charge in [0.1, 0.15) is 23.0 Å². The maximum atomic E-state index is 12.5. The molecular formula is C32H34N2O4. The van der Waals surface area contributed by atoms with Crippen molar-refractivity contribution in [2.24, 2.45) is 5.73 Å². The monoisotopic (exact) mass is 510 g/mol. The number of nitrogens with two attached hydrogens (primary N) is 1. The molecule has 6 nitrogen and oxygen atoms in total. The van der Waals surface area contributed by atoms with Crippen molar-refractivity contribution in [2.45, 2.75) is 19.8 Å². The van der Waals surface area contributed by atoms with E-state index in [1.54, 1.807) is 7.11 Å². The van der Waals surface area contributed by atoms with Crippen LogP contribution in [0.4, 0.5) is 0 Å². The van der Waals surface area contributed by atoms with Gasteiger partial charge in [-0.3, -0.25) is 4.79 Å². The minimum absolute atomic E-state index is 0.0980. The second-order valence-corrected chi connectivity index (χ2v) is 8.98. The Kier molecular flexibility index (Phi) is 9.37. The van der Waals surface area contributed by atoms with Crippen LogP contribution >= 0.6 is 0 Å². The smallest absolute Gasteiger partial charge is 0.251 e. The van der Waals surface area contributed by atoms with Crippen molar-refractivity contribution in [1.82, 2.24) is 5.32 Å². The highest BCUT2D eigenvalue weighted by Crippen LogP contribution is 2.27. The largest absolute Gasteiger partial charge is 0.497 e. The summed E-state index contributed by atoms with van der Waals surface area (Å²) >= 11 is 0. The summed E-state index contributed by atoms with van der Waals surface area (Å²) in [7, 11) is 1.65. The van der Waals surface area contributed by atoms with E-state index in [2.05, 4.69) is 11.4 Å². The molecule has 0 aliphatic carbocycles. The van der Waals surface area contributed by atoms with Gasteiger partial charge in [0.05, 0.1) is 13.7 Å². The zero-order valence-electron chi connectivity index (χ0n) is 21.9. The normalized spacial score (nSPS) is 10.6. The van der Waals surface area contributed by atoms with Crippen LogP contribution in [0.5, 0.6) is 23.0 Å². The van der Waals surface area contributed by atoms with Crippen LogP contribution in [-0.4, -0.2) is 32.7 Å². The molecule has 0 saturated carbocycles. The molecule has 0 fully saturated rings. The third-order valence-corrected chi connectivity index (χ3v) is 6.17. The standard InChI is InChI=1S/C32H34N2O4/c1-23-22-24(18-19-33)4-17-31(23)38-30-15-13-29(14-16-30)37-21-3-20-34-32(35)27-7-5-25(6-8-27)26-9-11-28(36-2)12-10-26/h4-17,22H,3,18-21,33H2,1-2H3,(H,34,35). The zero-order valence-corrected chi connectivity index (χ0v) is 21.9. The number of hydrogen-bond acceptors (Lipinski definition) is 5. The van der Waals surface area contributed by atoms with Gasteiger partial charge in [0, 0.05) is 12.1 Å². The Morgan fingerprint density at radius 2 is 1.45 bits per heavy atom. The van der Waals surface area contributed by atoms with E-state index in [4.69, 9.17) is 19.9 Å². The van der Waals surface area contributed by atoms with Gasteiger partial charge >= 0.3 is 0 Å². The average molecular weight is 511 g/mol. The van der Waals surface area contributed by atoms with E-state index in [0.717, 1.165) is 46.1 Å². The van der Waals surface area contributed by atoms with Gasteiger partial charge in [-0.2, -0.15) is 0 Å². The van der Waals surface area contributed by atoms with Crippen molar-refractivity contribution in [3.63, 3.8) is 0 Å². The third kappa shape index (κ3) is 7.37. The molecule has 0 heterocycles. The van der Waals surface area contributed by atoms with E-state index in [0.29, 0.717) is 31.7 Å². The lowest BCUT2D eigenvalue weighted by atomic mass is 10.0. The molecule has 0 bridgehead atoms. The SMILES string of the molecule is COc1ccc(-c2ccc(C(=O)NCCCOc3ccc(Oc4ccc(CCN)cc4C)cc3)cc2)cc1. The first-order valence-corrected chi connectivity index (χ1v) is 12.8. The minimum atomic E-state index is -0.0980. The van der Waals surface area contributed by atoms with Gasteiger partial charge in [-0.1, -0.05) is 36.4 Å². The van der Waals surface area contributed by atoms with Crippen molar-refractivity contribution in [3.05, 3.63) is 108 Å². The van der Waals surface area contributed by atoms with Crippen LogP contribution in [0.1, 0.15) is 27.9 Å². The molecule has 6 heteroatoms. The second-order valence-electron chi connectivity index (χ2n) is 8.98. The van der Waals surface area contributed by atoms with Crippen LogP contribution in [0.25, 0.3) is 11.1 Å². The van der Waals surface area contributed by atoms with Gasteiger partial charge < -0.3 is 25.3 Å². The van der Waals surface area contributed by atoms with E-state index in [1.165, 1.54) is 5.56 Å². The average Bonchev–Trinajstić information content (AvgIpc) is 2.95. The first-order valence-electron chi connectivity index (χ1n) is 12.8. The number of aryl methyl sites for hydroxylation is 1. The lowest BCUT2D eigenvalue weighted by molar-refractivity contribution is 0.0951. The van der Waals surface area contributed by atoms with E-state index in [9.17, 15) is 4.79 Å². The van der Waals surface area contributed by atoms with Crippen molar-refractivity contribution in [3.8, 4) is 34.1 Å². The predicted molar refractivity (Wildman–Crippen MR) is 151 cm³/mol. The summed E-state index contributed by atoms with van der Waals surface area (Å²) in [5, 5.41) is 2.95. The van der Waals surface area contributed by atoms with Gasteiger partial charge in [-0.15, -0.1) is 0 Å². The molecule has 3 N–H and O–H groups in total. The number of carbonyl (C=O) groups excluding carboxylic acids is 1. The molecule has 4 aromatic carbocycles. The lowest BCUT2D eigenvalue weighted by Crippen LogP contribution is -2.25. The maximum absolute atomic E-state index is 12.5. The van der Waals surface area contributed by atoms with Gasteiger partial charge in [0.25, 0.3) is 5.91 Å². The molecule has 38 heavy (non-hydrogen) atoms. The number of methoxy groups -OCH3 is 1. The van der Waals surface area contributed by atoms with Crippen LogP contribution in [0.15, 0.2) is 91.0 Å². The van der Waals surface area contributed by atoms with Crippen LogP contribution < -0.4 is 25.3 Å². The van der Waals surface area contributed by atoms with Crippen molar-refractivity contribution >= 4 is 5.91 Å². The summed E-state index contributed by atoms with van der Waals surface area (Å²) < 4.78 is 17.0. The van der Waals surface area contributed by atoms with E-state index < -0.39 is 0 Å². The molecule has 0 unspecified atom stereocenters. The summed E-state index contributed by atoms with van der Waals surface area (Å²) in [6.45, 7) is 3.69. The number of benzene rings is 4. The molecule has 0 spiro atoms. The van der Waals surface area contributed by atoms with Crippen molar-refractivity contribution in [1.29, 1.82) is 0 Å². The molecule has 0 aliphatic rings. The highest BCUT2D eigenvalue weighted by Gasteiger charge is 2.07. The molecule has 196 valence electrons. The Balaban J connectivity index is 1.18. The van der Waals surface area contributed by atoms with Gasteiger partial charge in [0.15, 0.2) is 0 Å². The molecule has 1 amide bonds. The van der Waals surface area contributed by atoms with Crippen LogP contribution in [0, 0.1) is 6.92 Å². The summed E-state index contributed by atoms with van der Waals surface area (Å²) in [5.74, 6) is 3.05. The number of amides is 1. The predicted octanol–water partition coefficient (Wildman–Crippen LogP) is 6.16. The molecule has 0 aromatic heterocycles. The molecule has 0 radical (unpaired) electrons. The van der Waals surface area contributed by atoms with Gasteiger partial charge in [-0.25, -0.2) is 0 Å². The first kappa shape index (κ1) is 26.8. The first-order chi connectivity index (χ1) is 18.6. The van der Waals surface area contributed by atoms with Crippen molar-refractivity contribution < 1.29 is 19.0 Å². The number of ether oxygens (including phenoxy) is 3. The number of nitrogens with one attached hydrogen (secondary N) is 1. The van der Waals surface area contributed by atoms with Gasteiger partial charge in [-0.05, 0) is 103 Å². The van der Waals surface area contributed by atoms with Crippen molar-refractivity contribution in [2.75, 3.05) is 26.8 Å². The molecular weight excluding hydrogens is 476 g/mol. The topological polar surface area (TPSA) is 82.8 Å². The fourth-order valence-corrected chi connectivity index (χ4v) is 4.04. The van der Waals surface area contributed by atoms with Gasteiger partial charge in [0.2, 0.25) is 0 Å². The number of rotatable bonds is 12.